The molecule has 24 heavy (non-hydrogen) atoms. The van der Waals surface area contributed by atoms with Gasteiger partial charge in [0, 0.05) is 11.6 Å². The highest BCUT2D eigenvalue weighted by Crippen LogP contribution is 2.13. The molecule has 0 fully saturated rings. The van der Waals surface area contributed by atoms with Crippen LogP contribution in [0.2, 0.25) is 0 Å². The zero-order valence-electron chi connectivity index (χ0n) is 12.4. The highest BCUT2D eigenvalue weighted by atomic mass is 16.1. The van der Waals surface area contributed by atoms with Gasteiger partial charge >= 0.3 is 0 Å². The lowest BCUT2D eigenvalue weighted by molar-refractivity contribution is 0.955. The monoisotopic (exact) mass is 317 g/mol. The van der Waals surface area contributed by atoms with E-state index in [1.54, 1.807) is 24.4 Å². The minimum atomic E-state index is -0.461. The fourth-order valence-corrected chi connectivity index (χ4v) is 2.48. The molecule has 3 aromatic heterocycles. The molecule has 0 unspecified atom stereocenters. The Bertz CT molecular complexity index is 1190. The number of hydrogen-bond donors (Lipinski definition) is 2. The zero-order valence-corrected chi connectivity index (χ0v) is 12.4. The molecule has 0 saturated carbocycles. The van der Waals surface area contributed by atoms with Gasteiger partial charge in [-0.15, -0.1) is 0 Å². The van der Waals surface area contributed by atoms with Crippen molar-refractivity contribution < 1.29 is 0 Å². The van der Waals surface area contributed by atoms with Crippen molar-refractivity contribution >= 4 is 34.1 Å². The van der Waals surface area contributed by atoms with Gasteiger partial charge < -0.3 is 4.98 Å². The van der Waals surface area contributed by atoms with E-state index in [4.69, 9.17) is 0 Å². The molecule has 2 N–H and O–H groups in total. The smallest absolute Gasteiger partial charge is 0.278 e. The Balaban J connectivity index is 1.90. The van der Waals surface area contributed by atoms with E-state index < -0.39 is 5.56 Å². The number of hydrogen-bond acceptors (Lipinski definition) is 5. The van der Waals surface area contributed by atoms with Crippen LogP contribution in [-0.4, -0.2) is 25.4 Å². The molecule has 0 bridgehead atoms. The molecule has 4 rings (SSSR count). The molecule has 0 spiro atoms. The maximum Gasteiger partial charge on any atom is 0.278 e. The molecule has 0 aliphatic heterocycles. The van der Waals surface area contributed by atoms with Crippen molar-refractivity contribution in [2.24, 2.45) is 0 Å². The lowest BCUT2D eigenvalue weighted by atomic mass is 10.1. The largest absolute Gasteiger partial charge is 0.320 e. The third-order valence-electron chi connectivity index (χ3n) is 3.65. The molecule has 7 nitrogen and oxygen atoms in total. The Labute approximate surface area is 134 Å². The van der Waals surface area contributed by atoms with Crippen LogP contribution in [0.5, 0.6) is 0 Å². The summed E-state index contributed by atoms with van der Waals surface area (Å²) in [5.41, 5.74) is 1.32. The van der Waals surface area contributed by atoms with Crippen molar-refractivity contribution in [1.29, 1.82) is 0 Å². The molecule has 0 saturated heterocycles. The van der Waals surface area contributed by atoms with E-state index in [1.165, 1.54) is 0 Å². The molecular formula is C17H11N5O2. The highest BCUT2D eigenvalue weighted by molar-refractivity contribution is 5.88. The number of pyridine rings is 1. The average molecular weight is 317 g/mol. The van der Waals surface area contributed by atoms with Crippen molar-refractivity contribution in [2.45, 2.75) is 0 Å². The molecule has 0 radical (unpaired) electrons. The highest BCUT2D eigenvalue weighted by Gasteiger charge is 2.09. The first-order valence-electron chi connectivity index (χ1n) is 7.22. The number of aromatic amines is 2. The maximum atomic E-state index is 12.5. The molecule has 7 heteroatoms. The van der Waals surface area contributed by atoms with Crippen LogP contribution in [0, 0.1) is 0 Å². The van der Waals surface area contributed by atoms with Crippen LogP contribution in [0.3, 0.4) is 0 Å². The first kappa shape index (κ1) is 14.0. The van der Waals surface area contributed by atoms with E-state index in [0.717, 1.165) is 11.3 Å². The van der Waals surface area contributed by atoms with Gasteiger partial charge in [-0.05, 0) is 35.9 Å². The first-order valence-corrected chi connectivity index (χ1v) is 7.22. The fourth-order valence-electron chi connectivity index (χ4n) is 2.48. The average Bonchev–Trinajstić information content (AvgIpc) is 3.07. The van der Waals surface area contributed by atoms with Gasteiger partial charge in [0.25, 0.3) is 5.56 Å². The second kappa shape index (κ2) is 5.54. The molecule has 4 aromatic rings. The normalized spacial score (nSPS) is 11.5. The summed E-state index contributed by atoms with van der Waals surface area (Å²) in [6, 6.07) is 10.8. The molecular weight excluding hydrogens is 306 g/mol. The third-order valence-corrected chi connectivity index (χ3v) is 3.65. The van der Waals surface area contributed by atoms with Crippen LogP contribution >= 0.6 is 0 Å². The number of fused-ring (bicyclic) bond motifs is 2. The van der Waals surface area contributed by atoms with Crippen LogP contribution in [0.1, 0.15) is 11.3 Å². The molecule has 0 aliphatic rings. The Hall–Kier alpha value is -3.61. The van der Waals surface area contributed by atoms with Crippen LogP contribution in [0.15, 0.2) is 52.2 Å². The lowest BCUT2D eigenvalue weighted by Gasteiger charge is -1.96. The second-order valence-electron chi connectivity index (χ2n) is 5.20. The van der Waals surface area contributed by atoms with Crippen LogP contribution in [-0.2, 0) is 0 Å². The van der Waals surface area contributed by atoms with Crippen molar-refractivity contribution in [1.82, 2.24) is 25.4 Å². The Morgan fingerprint density at radius 3 is 2.67 bits per heavy atom. The molecule has 1 aromatic carbocycles. The van der Waals surface area contributed by atoms with Crippen molar-refractivity contribution in [3.05, 3.63) is 74.4 Å². The molecule has 116 valence electrons. The molecule has 0 amide bonds. The Morgan fingerprint density at radius 2 is 1.83 bits per heavy atom. The van der Waals surface area contributed by atoms with Crippen molar-refractivity contribution in [3.8, 4) is 0 Å². The number of benzene rings is 1. The van der Waals surface area contributed by atoms with Crippen LogP contribution in [0.4, 0.5) is 0 Å². The second-order valence-corrected chi connectivity index (χ2v) is 5.20. The van der Waals surface area contributed by atoms with E-state index in [0.29, 0.717) is 10.9 Å². The van der Waals surface area contributed by atoms with Gasteiger partial charge in [0.1, 0.15) is 0 Å². The predicted molar refractivity (Wildman–Crippen MR) is 91.5 cm³/mol. The summed E-state index contributed by atoms with van der Waals surface area (Å²) in [6.07, 6.45) is 5.43. The Kier molecular flexibility index (Phi) is 3.24. The van der Waals surface area contributed by atoms with E-state index in [-0.39, 0.29) is 16.5 Å². The van der Waals surface area contributed by atoms with Gasteiger partial charge in [0.2, 0.25) is 5.43 Å². The summed E-state index contributed by atoms with van der Waals surface area (Å²) in [7, 11) is 0. The minimum Gasteiger partial charge on any atom is -0.320 e. The molecule has 0 aliphatic carbocycles. The predicted octanol–water partition coefficient (Wildman–Crippen LogP) is 1.72. The van der Waals surface area contributed by atoms with Crippen LogP contribution < -0.4 is 11.0 Å². The first-order chi connectivity index (χ1) is 11.7. The number of aromatic nitrogens is 5. The number of H-pyrrole nitrogens is 2. The quantitative estimate of drug-likeness (QED) is 0.586. The van der Waals surface area contributed by atoms with Gasteiger partial charge in [0.05, 0.1) is 11.2 Å². The standard InChI is InChI=1S/C17H11N5O2/c23-16-12-7-5-10(4-6-11-3-1-2-8-18-11)9-13(12)19-17(24)15-14(16)20-22-21-15/h1-9H,(H,19,24)(H,20,21,22)/b6-4+. The summed E-state index contributed by atoms with van der Waals surface area (Å²) in [4.78, 5) is 31.5. The van der Waals surface area contributed by atoms with Crippen LogP contribution in [0.25, 0.3) is 34.1 Å². The van der Waals surface area contributed by atoms with Gasteiger partial charge in [-0.1, -0.05) is 18.2 Å². The summed E-state index contributed by atoms with van der Waals surface area (Å²) in [6.45, 7) is 0. The summed E-state index contributed by atoms with van der Waals surface area (Å²) in [5, 5.41) is 10.2. The Morgan fingerprint density at radius 1 is 0.958 bits per heavy atom. The van der Waals surface area contributed by atoms with Gasteiger partial charge in [-0.25, -0.2) is 0 Å². The maximum absolute atomic E-state index is 12.5. The number of nitrogens with zero attached hydrogens (tertiary/aromatic N) is 3. The number of nitrogens with one attached hydrogen (secondary N) is 2. The third kappa shape index (κ3) is 2.38. The summed E-state index contributed by atoms with van der Waals surface area (Å²) in [5.74, 6) is 0. The van der Waals surface area contributed by atoms with Crippen molar-refractivity contribution in [3.63, 3.8) is 0 Å². The minimum absolute atomic E-state index is 0.00165. The summed E-state index contributed by atoms with van der Waals surface area (Å²) >= 11 is 0. The fraction of sp³-hybridized carbons (Fsp3) is 0. The SMILES string of the molecule is O=c1[nH]c2cc(/C=C/c3ccccn3)ccc2c(=O)c2n[nH]nc12. The van der Waals surface area contributed by atoms with Crippen molar-refractivity contribution in [2.75, 3.05) is 0 Å². The number of rotatable bonds is 2. The topological polar surface area (TPSA) is 104 Å². The van der Waals surface area contributed by atoms with E-state index in [2.05, 4.69) is 25.4 Å². The zero-order chi connectivity index (χ0) is 16.5. The summed E-state index contributed by atoms with van der Waals surface area (Å²) < 4.78 is 0. The van der Waals surface area contributed by atoms with Gasteiger partial charge in [-0.2, -0.15) is 15.4 Å². The van der Waals surface area contributed by atoms with Gasteiger partial charge in [-0.3, -0.25) is 14.6 Å². The molecule has 0 atom stereocenters. The van der Waals surface area contributed by atoms with E-state index in [9.17, 15) is 9.59 Å². The lowest BCUT2D eigenvalue weighted by Crippen LogP contribution is -2.02. The van der Waals surface area contributed by atoms with Gasteiger partial charge in [0.15, 0.2) is 11.0 Å². The van der Waals surface area contributed by atoms with E-state index in [1.807, 2.05) is 30.4 Å². The molecule has 3 heterocycles. The van der Waals surface area contributed by atoms with E-state index >= 15 is 0 Å².